The number of Topliss-reactive ketones (excluding diaryl/α,β-unsaturated/α-hetero) is 1. The van der Waals surface area contributed by atoms with E-state index in [9.17, 15) is 40.2 Å². The van der Waals surface area contributed by atoms with Gasteiger partial charge in [-0.15, -0.1) is 0 Å². The van der Waals surface area contributed by atoms with Gasteiger partial charge in [-0.3, -0.25) is 35.1 Å². The molecule has 2 aromatic rings. The van der Waals surface area contributed by atoms with Gasteiger partial charge in [-0.25, -0.2) is 0 Å². The minimum Gasteiger partial charge on any atom is -0.372 e. The molecule has 1 aliphatic carbocycles. The van der Waals surface area contributed by atoms with Crippen LogP contribution < -0.4 is 0 Å². The minimum atomic E-state index is -2.67. The standard InChI is InChI=1S/C15H9N3O8/c19-14-12-5-8(17(23)24)1-3-10(12)11-4-2-9(18(25)26)6-13(11)15(14,20)7-16(21)22/h1-6,20H,7H2. The van der Waals surface area contributed by atoms with Gasteiger partial charge in [0.15, 0.2) is 0 Å². The summed E-state index contributed by atoms with van der Waals surface area (Å²) in [4.78, 5) is 43.2. The van der Waals surface area contributed by atoms with Gasteiger partial charge in [0.1, 0.15) is 0 Å². The Bertz CT molecular complexity index is 1000. The van der Waals surface area contributed by atoms with Crippen LogP contribution in [0.25, 0.3) is 11.1 Å². The van der Waals surface area contributed by atoms with E-state index in [0.29, 0.717) is 0 Å². The maximum atomic E-state index is 12.7. The Labute approximate surface area is 143 Å². The van der Waals surface area contributed by atoms with Gasteiger partial charge in [0.2, 0.25) is 17.9 Å². The number of aliphatic hydroxyl groups is 1. The molecule has 1 aliphatic rings. The molecule has 1 atom stereocenters. The number of non-ortho nitro benzene ring substituents is 2. The van der Waals surface area contributed by atoms with Crippen LogP contribution >= 0.6 is 0 Å². The molecular weight excluding hydrogens is 350 g/mol. The zero-order valence-corrected chi connectivity index (χ0v) is 12.8. The van der Waals surface area contributed by atoms with Gasteiger partial charge >= 0.3 is 0 Å². The van der Waals surface area contributed by atoms with Crippen molar-refractivity contribution >= 4 is 17.2 Å². The van der Waals surface area contributed by atoms with Crippen molar-refractivity contribution in [1.82, 2.24) is 0 Å². The quantitative estimate of drug-likeness (QED) is 0.637. The van der Waals surface area contributed by atoms with E-state index in [1.165, 1.54) is 12.1 Å². The van der Waals surface area contributed by atoms with E-state index in [4.69, 9.17) is 0 Å². The molecule has 0 fully saturated rings. The molecule has 0 radical (unpaired) electrons. The molecule has 0 aromatic heterocycles. The first kappa shape index (κ1) is 17.1. The van der Waals surface area contributed by atoms with E-state index >= 15 is 0 Å². The lowest BCUT2D eigenvalue weighted by atomic mass is 9.74. The summed E-state index contributed by atoms with van der Waals surface area (Å²) in [6, 6.07) is 6.59. The molecule has 11 nitrogen and oxygen atoms in total. The van der Waals surface area contributed by atoms with Crippen LogP contribution in [0.5, 0.6) is 0 Å². The molecule has 0 spiro atoms. The number of ketones is 1. The van der Waals surface area contributed by atoms with Gasteiger partial charge in [0.25, 0.3) is 11.4 Å². The molecule has 1 unspecified atom stereocenters. The normalized spacial score (nSPS) is 18.0. The average Bonchev–Trinajstić information content (AvgIpc) is 2.58. The van der Waals surface area contributed by atoms with Gasteiger partial charge in [0.05, 0.1) is 9.85 Å². The molecule has 2 aromatic carbocycles. The number of fused-ring (bicyclic) bond motifs is 3. The van der Waals surface area contributed by atoms with Crippen LogP contribution in [0.1, 0.15) is 15.9 Å². The summed E-state index contributed by atoms with van der Waals surface area (Å²) < 4.78 is 0. The number of rotatable bonds is 4. The Balaban J connectivity index is 2.35. The van der Waals surface area contributed by atoms with E-state index in [-0.39, 0.29) is 22.3 Å². The van der Waals surface area contributed by atoms with E-state index < -0.39 is 44.1 Å². The fourth-order valence-electron chi connectivity index (χ4n) is 2.98. The summed E-state index contributed by atoms with van der Waals surface area (Å²) in [6.45, 7) is -1.23. The number of nitro groups is 3. The molecule has 0 heterocycles. The van der Waals surface area contributed by atoms with E-state index in [1.807, 2.05) is 0 Å². The van der Waals surface area contributed by atoms with E-state index in [1.54, 1.807) is 0 Å². The summed E-state index contributed by atoms with van der Waals surface area (Å²) in [5, 5.41) is 43.7. The van der Waals surface area contributed by atoms with Crippen molar-refractivity contribution in [2.24, 2.45) is 0 Å². The van der Waals surface area contributed by atoms with Crippen molar-refractivity contribution in [2.75, 3.05) is 6.54 Å². The van der Waals surface area contributed by atoms with Crippen LogP contribution in [-0.4, -0.2) is 32.2 Å². The Morgan fingerprint density at radius 3 is 1.92 bits per heavy atom. The maximum absolute atomic E-state index is 12.7. The van der Waals surface area contributed by atoms with Gasteiger partial charge in [-0.05, 0) is 23.3 Å². The second kappa shape index (κ2) is 5.67. The number of nitro benzene ring substituents is 2. The highest BCUT2D eigenvalue weighted by molar-refractivity contribution is 6.12. The largest absolute Gasteiger partial charge is 0.372 e. The SMILES string of the molecule is O=C1c2cc([N+](=O)[O-])ccc2-c2ccc([N+](=O)[O-])cc2C1(O)C[N+](=O)[O-]. The topological polar surface area (TPSA) is 167 Å². The van der Waals surface area contributed by atoms with Gasteiger partial charge in [-0.2, -0.15) is 0 Å². The molecule has 1 N–H and O–H groups in total. The van der Waals surface area contributed by atoms with Gasteiger partial charge in [0, 0.05) is 40.3 Å². The predicted molar refractivity (Wildman–Crippen MR) is 85.3 cm³/mol. The number of hydrogen-bond acceptors (Lipinski definition) is 8. The third-order valence-corrected chi connectivity index (χ3v) is 4.14. The molecule has 26 heavy (non-hydrogen) atoms. The van der Waals surface area contributed by atoms with Gasteiger partial charge in [-0.1, -0.05) is 0 Å². The first-order valence-electron chi connectivity index (χ1n) is 7.12. The summed E-state index contributed by atoms with van der Waals surface area (Å²) >= 11 is 0. The van der Waals surface area contributed by atoms with Crippen LogP contribution in [0, 0.1) is 30.3 Å². The van der Waals surface area contributed by atoms with Crippen molar-refractivity contribution in [1.29, 1.82) is 0 Å². The van der Waals surface area contributed by atoms with Crippen LogP contribution in [0.3, 0.4) is 0 Å². The Morgan fingerprint density at radius 2 is 1.38 bits per heavy atom. The fourth-order valence-corrected chi connectivity index (χ4v) is 2.98. The lowest BCUT2D eigenvalue weighted by Crippen LogP contribution is -2.45. The van der Waals surface area contributed by atoms with Crippen LogP contribution in [0.2, 0.25) is 0 Å². The second-order valence-electron chi connectivity index (χ2n) is 5.65. The molecule has 11 heteroatoms. The highest BCUT2D eigenvalue weighted by atomic mass is 16.6. The summed E-state index contributed by atoms with van der Waals surface area (Å²) in [5.74, 6) is -1.12. The molecule has 0 amide bonds. The highest BCUT2D eigenvalue weighted by Gasteiger charge is 2.50. The zero-order valence-electron chi connectivity index (χ0n) is 12.8. The lowest BCUT2D eigenvalue weighted by Gasteiger charge is -2.30. The Kier molecular flexibility index (Phi) is 3.73. The van der Waals surface area contributed by atoms with Crippen LogP contribution in [0.4, 0.5) is 11.4 Å². The number of nitrogens with zero attached hydrogens (tertiary/aromatic N) is 3. The Morgan fingerprint density at radius 1 is 0.846 bits per heavy atom. The maximum Gasteiger partial charge on any atom is 0.270 e. The van der Waals surface area contributed by atoms with Crippen molar-refractivity contribution in [3.63, 3.8) is 0 Å². The molecule has 0 bridgehead atoms. The minimum absolute atomic E-state index is 0.157. The number of benzene rings is 2. The summed E-state index contributed by atoms with van der Waals surface area (Å²) in [6.07, 6.45) is 0. The van der Waals surface area contributed by atoms with Crippen molar-refractivity contribution in [3.8, 4) is 11.1 Å². The first-order valence-corrected chi connectivity index (χ1v) is 7.12. The van der Waals surface area contributed by atoms with E-state index in [2.05, 4.69) is 0 Å². The molecule has 0 saturated carbocycles. The fraction of sp³-hybridized carbons (Fsp3) is 0.133. The van der Waals surface area contributed by atoms with Gasteiger partial charge < -0.3 is 5.11 Å². The van der Waals surface area contributed by atoms with E-state index in [0.717, 1.165) is 24.3 Å². The third kappa shape index (κ3) is 2.46. The van der Waals surface area contributed by atoms with Crippen LogP contribution in [0.15, 0.2) is 36.4 Å². The number of carbonyl (C=O) groups excluding carboxylic acids is 1. The Hall–Kier alpha value is -3.73. The number of carbonyl (C=O) groups is 1. The zero-order chi connectivity index (χ0) is 19.2. The van der Waals surface area contributed by atoms with Crippen molar-refractivity contribution in [2.45, 2.75) is 5.60 Å². The third-order valence-electron chi connectivity index (χ3n) is 4.14. The lowest BCUT2D eigenvalue weighted by molar-refractivity contribution is -0.497. The van der Waals surface area contributed by atoms with Crippen LogP contribution in [-0.2, 0) is 5.60 Å². The van der Waals surface area contributed by atoms with Crippen molar-refractivity contribution in [3.05, 3.63) is 77.9 Å². The predicted octanol–water partition coefficient (Wildman–Crippen LogP) is 1.83. The molecule has 0 saturated heterocycles. The molecule has 0 aliphatic heterocycles. The average molecular weight is 359 g/mol. The number of hydrogen-bond donors (Lipinski definition) is 1. The smallest absolute Gasteiger partial charge is 0.270 e. The summed E-state index contributed by atoms with van der Waals surface area (Å²) in [7, 11) is 0. The summed E-state index contributed by atoms with van der Waals surface area (Å²) in [5.41, 5.74) is -3.75. The van der Waals surface area contributed by atoms with Crippen molar-refractivity contribution < 1.29 is 24.7 Å². The first-order chi connectivity index (χ1) is 12.1. The molecule has 3 rings (SSSR count). The second-order valence-corrected chi connectivity index (χ2v) is 5.65. The monoisotopic (exact) mass is 359 g/mol. The molecular formula is C15H9N3O8. The highest BCUT2D eigenvalue weighted by Crippen LogP contribution is 2.44. The molecule has 132 valence electrons.